The lowest BCUT2D eigenvalue weighted by atomic mass is 10.1. The van der Waals surface area contributed by atoms with Crippen molar-refractivity contribution in [1.29, 1.82) is 0 Å². The molecule has 1 fully saturated rings. The fourth-order valence-corrected chi connectivity index (χ4v) is 3.38. The second-order valence-electron chi connectivity index (χ2n) is 4.83. The standard InChI is InChI=1S/C12H18N2O4S/c13-10-6-9(4-5-12(10)16)19(17,18)14-7-8-2-1-3-11(8)15/h4-6,8,11,14-16H,1-3,7,13H2. The molecule has 1 aromatic rings. The lowest BCUT2D eigenvalue weighted by Gasteiger charge is -2.15. The molecule has 1 aromatic carbocycles. The van der Waals surface area contributed by atoms with E-state index in [1.165, 1.54) is 18.2 Å². The van der Waals surface area contributed by atoms with Gasteiger partial charge in [0.2, 0.25) is 10.0 Å². The van der Waals surface area contributed by atoms with Crippen molar-refractivity contribution < 1.29 is 18.6 Å². The molecule has 0 heterocycles. The molecule has 0 saturated heterocycles. The lowest BCUT2D eigenvalue weighted by Crippen LogP contribution is -2.32. The van der Waals surface area contributed by atoms with E-state index in [-0.39, 0.29) is 28.8 Å². The maximum absolute atomic E-state index is 12.0. The van der Waals surface area contributed by atoms with Crippen LogP contribution in [0.3, 0.4) is 0 Å². The molecule has 0 amide bonds. The third kappa shape index (κ3) is 3.17. The van der Waals surface area contributed by atoms with Crippen LogP contribution in [-0.4, -0.2) is 31.3 Å². The van der Waals surface area contributed by atoms with Crippen molar-refractivity contribution in [2.24, 2.45) is 5.92 Å². The molecule has 5 N–H and O–H groups in total. The summed E-state index contributed by atoms with van der Waals surface area (Å²) in [6.07, 6.45) is 2.02. The first-order valence-corrected chi connectivity index (χ1v) is 7.64. The highest BCUT2D eigenvalue weighted by Gasteiger charge is 2.27. The van der Waals surface area contributed by atoms with Crippen LogP contribution in [0.25, 0.3) is 0 Å². The molecular weight excluding hydrogens is 268 g/mol. The molecule has 19 heavy (non-hydrogen) atoms. The van der Waals surface area contributed by atoms with Crippen LogP contribution >= 0.6 is 0 Å². The van der Waals surface area contributed by atoms with Crippen molar-refractivity contribution in [1.82, 2.24) is 4.72 Å². The SMILES string of the molecule is Nc1cc(S(=O)(=O)NCC2CCCC2O)ccc1O. The van der Waals surface area contributed by atoms with Gasteiger partial charge in [-0.15, -0.1) is 0 Å². The van der Waals surface area contributed by atoms with Crippen LogP contribution in [0.15, 0.2) is 23.1 Å². The number of rotatable bonds is 4. The van der Waals surface area contributed by atoms with Crippen molar-refractivity contribution >= 4 is 15.7 Å². The maximum Gasteiger partial charge on any atom is 0.240 e. The molecule has 106 valence electrons. The quantitative estimate of drug-likeness (QED) is 0.473. The summed E-state index contributed by atoms with van der Waals surface area (Å²) in [7, 11) is -3.66. The first-order chi connectivity index (χ1) is 8.90. The van der Waals surface area contributed by atoms with Crippen molar-refractivity contribution in [3.8, 4) is 5.75 Å². The number of aliphatic hydroxyl groups is 1. The van der Waals surface area contributed by atoms with Crippen LogP contribution in [0.4, 0.5) is 5.69 Å². The van der Waals surface area contributed by atoms with Gasteiger partial charge in [0.25, 0.3) is 0 Å². The number of benzene rings is 1. The third-order valence-corrected chi connectivity index (χ3v) is 4.89. The van der Waals surface area contributed by atoms with Gasteiger partial charge in [-0.1, -0.05) is 6.42 Å². The highest BCUT2D eigenvalue weighted by atomic mass is 32.2. The summed E-state index contributed by atoms with van der Waals surface area (Å²) in [6.45, 7) is 0.213. The molecule has 0 aromatic heterocycles. The molecule has 1 saturated carbocycles. The van der Waals surface area contributed by atoms with E-state index in [0.717, 1.165) is 19.3 Å². The van der Waals surface area contributed by atoms with Crippen molar-refractivity contribution in [2.45, 2.75) is 30.3 Å². The van der Waals surface area contributed by atoms with E-state index in [1.54, 1.807) is 0 Å². The largest absolute Gasteiger partial charge is 0.506 e. The first kappa shape index (κ1) is 14.1. The zero-order valence-electron chi connectivity index (χ0n) is 10.4. The van der Waals surface area contributed by atoms with Gasteiger partial charge in [-0.05, 0) is 37.0 Å². The second kappa shape index (κ2) is 5.36. The predicted molar refractivity (Wildman–Crippen MR) is 71.1 cm³/mol. The molecule has 6 nitrogen and oxygen atoms in total. The summed E-state index contributed by atoms with van der Waals surface area (Å²) in [6, 6.07) is 3.75. The number of sulfonamides is 1. The van der Waals surface area contributed by atoms with Gasteiger partial charge in [-0.3, -0.25) is 0 Å². The number of anilines is 1. The Morgan fingerprint density at radius 1 is 1.37 bits per heavy atom. The Balaban J connectivity index is 2.07. The number of aromatic hydroxyl groups is 1. The van der Waals surface area contributed by atoms with Crippen LogP contribution in [0.5, 0.6) is 5.75 Å². The average Bonchev–Trinajstić information content (AvgIpc) is 2.76. The number of nitrogen functional groups attached to an aromatic ring is 1. The highest BCUT2D eigenvalue weighted by Crippen LogP contribution is 2.26. The van der Waals surface area contributed by atoms with Gasteiger partial charge >= 0.3 is 0 Å². The number of hydrogen-bond donors (Lipinski definition) is 4. The molecule has 0 spiro atoms. The second-order valence-corrected chi connectivity index (χ2v) is 6.60. The minimum Gasteiger partial charge on any atom is -0.506 e. The lowest BCUT2D eigenvalue weighted by molar-refractivity contribution is 0.134. The van der Waals surface area contributed by atoms with Crippen molar-refractivity contribution in [2.75, 3.05) is 12.3 Å². The zero-order valence-corrected chi connectivity index (χ0v) is 11.2. The Morgan fingerprint density at radius 2 is 2.11 bits per heavy atom. The first-order valence-electron chi connectivity index (χ1n) is 6.16. The van der Waals surface area contributed by atoms with Crippen molar-refractivity contribution in [3.63, 3.8) is 0 Å². The smallest absolute Gasteiger partial charge is 0.240 e. The third-order valence-electron chi connectivity index (χ3n) is 3.46. The molecular formula is C12H18N2O4S. The van der Waals surface area contributed by atoms with Gasteiger partial charge in [0, 0.05) is 6.54 Å². The molecule has 2 unspecified atom stereocenters. The Labute approximate surface area is 112 Å². The fraction of sp³-hybridized carbons (Fsp3) is 0.500. The molecule has 1 aliphatic rings. The molecule has 0 bridgehead atoms. The number of phenolic OH excluding ortho intramolecular Hbond substituents is 1. The number of hydrogen-bond acceptors (Lipinski definition) is 5. The molecule has 2 atom stereocenters. The summed E-state index contributed by atoms with van der Waals surface area (Å²) < 4.78 is 26.5. The van der Waals surface area contributed by atoms with E-state index >= 15 is 0 Å². The van der Waals surface area contributed by atoms with Gasteiger partial charge in [-0.25, -0.2) is 13.1 Å². The minimum atomic E-state index is -3.66. The summed E-state index contributed by atoms with van der Waals surface area (Å²) in [5.74, 6) is -0.186. The zero-order chi connectivity index (χ0) is 14.0. The molecule has 7 heteroatoms. The van der Waals surface area contributed by atoms with Crippen LogP contribution in [0.2, 0.25) is 0 Å². The van der Waals surface area contributed by atoms with Crippen LogP contribution in [-0.2, 0) is 10.0 Å². The van der Waals surface area contributed by atoms with Gasteiger partial charge in [-0.2, -0.15) is 0 Å². The number of nitrogens with two attached hydrogens (primary N) is 1. The predicted octanol–water partition coefficient (Wildman–Crippen LogP) is 0.414. The highest BCUT2D eigenvalue weighted by molar-refractivity contribution is 7.89. The normalized spacial score (nSPS) is 23.6. The van der Waals surface area contributed by atoms with Gasteiger partial charge in [0.1, 0.15) is 5.75 Å². The average molecular weight is 286 g/mol. The van der Waals surface area contributed by atoms with Crippen LogP contribution < -0.4 is 10.5 Å². The molecule has 0 aliphatic heterocycles. The molecule has 1 aliphatic carbocycles. The van der Waals surface area contributed by atoms with E-state index < -0.39 is 16.1 Å². The van der Waals surface area contributed by atoms with E-state index in [4.69, 9.17) is 5.73 Å². The van der Waals surface area contributed by atoms with E-state index in [0.29, 0.717) is 0 Å². The van der Waals surface area contributed by atoms with Crippen molar-refractivity contribution in [3.05, 3.63) is 18.2 Å². The number of aliphatic hydroxyl groups excluding tert-OH is 1. The Bertz CT molecular complexity index is 559. The van der Waals surface area contributed by atoms with E-state index in [1.807, 2.05) is 0 Å². The fourth-order valence-electron chi connectivity index (χ4n) is 2.26. The van der Waals surface area contributed by atoms with Gasteiger partial charge in [0.15, 0.2) is 0 Å². The Morgan fingerprint density at radius 3 is 2.68 bits per heavy atom. The molecule has 2 rings (SSSR count). The summed E-state index contributed by atoms with van der Waals surface area (Å²) >= 11 is 0. The van der Waals surface area contributed by atoms with Crippen LogP contribution in [0, 0.1) is 5.92 Å². The van der Waals surface area contributed by atoms with Gasteiger partial charge in [0.05, 0.1) is 16.7 Å². The maximum atomic E-state index is 12.0. The van der Waals surface area contributed by atoms with Crippen LogP contribution in [0.1, 0.15) is 19.3 Å². The summed E-state index contributed by atoms with van der Waals surface area (Å²) in [4.78, 5) is 0.00952. The van der Waals surface area contributed by atoms with Gasteiger partial charge < -0.3 is 15.9 Å². The van der Waals surface area contributed by atoms with E-state index in [2.05, 4.69) is 4.72 Å². The Kier molecular flexibility index (Phi) is 3.98. The van der Waals surface area contributed by atoms with E-state index in [9.17, 15) is 18.6 Å². The molecule has 0 radical (unpaired) electrons. The Hall–Kier alpha value is -1.31. The number of phenols is 1. The topological polar surface area (TPSA) is 113 Å². The summed E-state index contributed by atoms with van der Waals surface area (Å²) in [5, 5.41) is 18.9. The monoisotopic (exact) mass is 286 g/mol. The number of nitrogens with one attached hydrogen (secondary N) is 1. The summed E-state index contributed by atoms with van der Waals surface area (Å²) in [5.41, 5.74) is 5.49. The minimum absolute atomic E-state index is 0.00952.